The topological polar surface area (TPSA) is 104 Å². The number of hydrogen-bond acceptors (Lipinski definition) is 5. The third-order valence-electron chi connectivity index (χ3n) is 5.02. The molecule has 22 heavy (non-hydrogen) atoms. The predicted molar refractivity (Wildman–Crippen MR) is 79.5 cm³/mol. The number of rotatable bonds is 4. The summed E-state index contributed by atoms with van der Waals surface area (Å²) in [6, 6.07) is -0.999. The van der Waals surface area contributed by atoms with Crippen LogP contribution in [-0.4, -0.2) is 62.9 Å². The fourth-order valence-corrected chi connectivity index (χ4v) is 3.74. The molecule has 0 aromatic carbocycles. The van der Waals surface area contributed by atoms with Crippen molar-refractivity contribution in [3.63, 3.8) is 0 Å². The monoisotopic (exact) mass is 311 g/mol. The molecule has 0 aliphatic carbocycles. The average Bonchev–Trinajstić information content (AvgIpc) is 2.75. The smallest absolute Gasteiger partial charge is 0.237 e. The van der Waals surface area contributed by atoms with Crippen LogP contribution in [0, 0.1) is 5.92 Å². The van der Waals surface area contributed by atoms with Crippen LogP contribution in [0.2, 0.25) is 0 Å². The van der Waals surface area contributed by atoms with Crippen molar-refractivity contribution in [2.75, 3.05) is 6.54 Å². The van der Waals surface area contributed by atoms with Crippen LogP contribution < -0.4 is 5.73 Å². The van der Waals surface area contributed by atoms with Gasteiger partial charge in [0.2, 0.25) is 17.7 Å². The van der Waals surface area contributed by atoms with Crippen LogP contribution in [0.15, 0.2) is 0 Å². The fraction of sp³-hybridized carbons (Fsp3) is 0.800. The Labute approximate surface area is 130 Å². The van der Waals surface area contributed by atoms with Crippen LogP contribution >= 0.6 is 0 Å². The highest BCUT2D eigenvalue weighted by Gasteiger charge is 2.62. The molecule has 4 atom stereocenters. The second-order valence-corrected chi connectivity index (χ2v) is 6.76. The van der Waals surface area contributed by atoms with E-state index in [0.29, 0.717) is 19.4 Å². The lowest BCUT2D eigenvalue weighted by Crippen LogP contribution is -2.78. The van der Waals surface area contributed by atoms with E-state index in [0.717, 1.165) is 0 Å². The Hall–Kier alpha value is -1.47. The molecule has 3 amide bonds. The maximum atomic E-state index is 12.4. The molecule has 3 N–H and O–H groups in total. The van der Waals surface area contributed by atoms with E-state index >= 15 is 0 Å². The van der Waals surface area contributed by atoms with Crippen LogP contribution in [0.25, 0.3) is 0 Å². The standard InChI is InChI=1S/C15H25N3O4/c1-8(2)14(22)18-11(20)5-6-15(18)7-17(10(15)4)12(9(3)19)13(16)21/h8-10,12,19H,5-7H2,1-4H3,(H2,16,21)/t9-,10?,12+,15?/m1/s1. The second kappa shape index (κ2) is 5.62. The van der Waals surface area contributed by atoms with E-state index in [4.69, 9.17) is 5.73 Å². The van der Waals surface area contributed by atoms with E-state index < -0.39 is 23.6 Å². The molecule has 2 fully saturated rings. The molecule has 2 aliphatic rings. The first-order chi connectivity index (χ1) is 10.1. The fourth-order valence-electron chi connectivity index (χ4n) is 3.74. The number of carbonyl (C=O) groups is 3. The van der Waals surface area contributed by atoms with Gasteiger partial charge < -0.3 is 10.8 Å². The van der Waals surface area contributed by atoms with Gasteiger partial charge in [-0.3, -0.25) is 24.2 Å². The zero-order valence-electron chi connectivity index (χ0n) is 13.6. The van der Waals surface area contributed by atoms with Crippen molar-refractivity contribution in [3.05, 3.63) is 0 Å². The van der Waals surface area contributed by atoms with Gasteiger partial charge in [0.05, 0.1) is 11.6 Å². The van der Waals surface area contributed by atoms with E-state index in [-0.39, 0.29) is 23.8 Å². The van der Waals surface area contributed by atoms with Crippen molar-refractivity contribution in [1.82, 2.24) is 9.80 Å². The summed E-state index contributed by atoms with van der Waals surface area (Å²) in [4.78, 5) is 39.3. The summed E-state index contributed by atoms with van der Waals surface area (Å²) in [7, 11) is 0. The summed E-state index contributed by atoms with van der Waals surface area (Å²) in [6.07, 6.45) is 0.0310. The summed E-state index contributed by atoms with van der Waals surface area (Å²) in [5, 5.41) is 9.79. The lowest BCUT2D eigenvalue weighted by molar-refractivity contribution is -0.170. The number of nitrogens with zero attached hydrogens (tertiary/aromatic N) is 2. The molecule has 2 heterocycles. The molecule has 2 saturated heterocycles. The summed E-state index contributed by atoms with van der Waals surface area (Å²) < 4.78 is 0. The third kappa shape index (κ3) is 2.32. The van der Waals surface area contributed by atoms with Gasteiger partial charge in [-0.15, -0.1) is 0 Å². The molecule has 1 spiro atoms. The lowest BCUT2D eigenvalue weighted by Gasteiger charge is -2.59. The zero-order chi connectivity index (χ0) is 16.8. The Morgan fingerprint density at radius 3 is 2.36 bits per heavy atom. The predicted octanol–water partition coefficient (Wildman–Crippen LogP) is -0.531. The van der Waals surface area contributed by atoms with Crippen molar-refractivity contribution < 1.29 is 19.5 Å². The number of hydrogen-bond donors (Lipinski definition) is 2. The number of likely N-dealkylation sites (tertiary alicyclic amines) is 2. The van der Waals surface area contributed by atoms with Crippen molar-refractivity contribution in [3.8, 4) is 0 Å². The Balaban J connectivity index is 2.25. The van der Waals surface area contributed by atoms with Gasteiger partial charge in [-0.05, 0) is 20.3 Å². The summed E-state index contributed by atoms with van der Waals surface area (Å²) in [6.45, 7) is 7.32. The molecule has 2 unspecified atom stereocenters. The lowest BCUT2D eigenvalue weighted by atomic mass is 9.76. The van der Waals surface area contributed by atoms with Crippen molar-refractivity contribution in [1.29, 1.82) is 0 Å². The number of nitrogens with two attached hydrogens (primary N) is 1. The number of imide groups is 1. The highest BCUT2D eigenvalue weighted by atomic mass is 16.3. The van der Waals surface area contributed by atoms with Gasteiger partial charge in [0.1, 0.15) is 6.04 Å². The number of aliphatic hydroxyl groups excluding tert-OH is 1. The van der Waals surface area contributed by atoms with Gasteiger partial charge in [-0.2, -0.15) is 0 Å². The first-order valence-corrected chi connectivity index (χ1v) is 7.73. The van der Waals surface area contributed by atoms with Gasteiger partial charge in [0, 0.05) is 24.9 Å². The van der Waals surface area contributed by atoms with E-state index in [2.05, 4.69) is 0 Å². The minimum Gasteiger partial charge on any atom is -0.391 e. The molecular weight excluding hydrogens is 286 g/mol. The molecule has 2 rings (SSSR count). The van der Waals surface area contributed by atoms with Gasteiger partial charge in [0.25, 0.3) is 0 Å². The molecule has 0 aromatic rings. The van der Waals surface area contributed by atoms with Gasteiger partial charge in [0.15, 0.2) is 0 Å². The van der Waals surface area contributed by atoms with Crippen LogP contribution in [-0.2, 0) is 14.4 Å². The molecule has 7 nitrogen and oxygen atoms in total. The Morgan fingerprint density at radius 2 is 1.95 bits per heavy atom. The Kier molecular flexibility index (Phi) is 4.32. The summed E-state index contributed by atoms with van der Waals surface area (Å²) in [5.74, 6) is -1.19. The van der Waals surface area contributed by atoms with Crippen LogP contribution in [0.5, 0.6) is 0 Å². The third-order valence-corrected chi connectivity index (χ3v) is 5.02. The molecule has 0 aromatic heterocycles. The summed E-state index contributed by atoms with van der Waals surface area (Å²) in [5.41, 5.74) is 4.81. The SMILES string of the molecule is CC(C)C(=O)N1C(=O)CCC12CN([C@H](C(N)=O)[C@@H](C)O)C2C. The van der Waals surface area contributed by atoms with E-state index in [1.165, 1.54) is 11.8 Å². The average molecular weight is 311 g/mol. The van der Waals surface area contributed by atoms with Crippen molar-refractivity contribution >= 4 is 17.7 Å². The molecule has 0 radical (unpaired) electrons. The largest absolute Gasteiger partial charge is 0.391 e. The Morgan fingerprint density at radius 1 is 1.36 bits per heavy atom. The van der Waals surface area contributed by atoms with Crippen LogP contribution in [0.1, 0.15) is 40.5 Å². The Bertz CT molecular complexity index is 505. The molecule has 0 bridgehead atoms. The highest BCUT2D eigenvalue weighted by molar-refractivity contribution is 5.99. The van der Waals surface area contributed by atoms with E-state index in [9.17, 15) is 19.5 Å². The number of amides is 3. The number of primary amides is 1. The summed E-state index contributed by atoms with van der Waals surface area (Å²) >= 11 is 0. The van der Waals surface area contributed by atoms with Gasteiger partial charge >= 0.3 is 0 Å². The maximum Gasteiger partial charge on any atom is 0.237 e. The first-order valence-electron chi connectivity index (χ1n) is 7.73. The van der Waals surface area contributed by atoms with Crippen molar-refractivity contribution in [2.24, 2.45) is 11.7 Å². The molecule has 0 saturated carbocycles. The minimum absolute atomic E-state index is 0.155. The van der Waals surface area contributed by atoms with E-state index in [1.54, 1.807) is 18.7 Å². The van der Waals surface area contributed by atoms with E-state index in [1.807, 2.05) is 6.92 Å². The molecule has 2 aliphatic heterocycles. The van der Waals surface area contributed by atoms with Crippen LogP contribution in [0.4, 0.5) is 0 Å². The number of carbonyl (C=O) groups excluding carboxylic acids is 3. The second-order valence-electron chi connectivity index (χ2n) is 6.76. The van der Waals surface area contributed by atoms with Crippen LogP contribution in [0.3, 0.4) is 0 Å². The zero-order valence-corrected chi connectivity index (χ0v) is 13.6. The maximum absolute atomic E-state index is 12.4. The molecule has 7 heteroatoms. The molecule has 124 valence electrons. The molecular formula is C15H25N3O4. The number of aliphatic hydroxyl groups is 1. The highest BCUT2D eigenvalue weighted by Crippen LogP contribution is 2.45. The minimum atomic E-state index is -0.899. The normalized spacial score (nSPS) is 31.5. The quantitative estimate of drug-likeness (QED) is 0.726. The first kappa shape index (κ1) is 16.9. The van der Waals surface area contributed by atoms with Gasteiger partial charge in [-0.1, -0.05) is 13.8 Å². The van der Waals surface area contributed by atoms with Gasteiger partial charge in [-0.25, -0.2) is 0 Å². The van der Waals surface area contributed by atoms with Crippen molar-refractivity contribution in [2.45, 2.75) is 64.3 Å².